The summed E-state index contributed by atoms with van der Waals surface area (Å²) in [4.78, 5) is 14.2. The van der Waals surface area contributed by atoms with Crippen molar-refractivity contribution < 1.29 is 28.1 Å². The summed E-state index contributed by atoms with van der Waals surface area (Å²) < 4.78 is 37.9. The van der Waals surface area contributed by atoms with Gasteiger partial charge in [-0.2, -0.15) is 0 Å². The van der Waals surface area contributed by atoms with Crippen LogP contribution in [0.3, 0.4) is 0 Å². The third-order valence-corrected chi connectivity index (χ3v) is 11.4. The third-order valence-electron chi connectivity index (χ3n) is 9.72. The molecular formula is C37H53N5O6Si. The highest BCUT2D eigenvalue weighted by molar-refractivity contribution is 6.76. The molecule has 1 aliphatic carbocycles. The van der Waals surface area contributed by atoms with Gasteiger partial charge in [-0.3, -0.25) is 4.98 Å². The molecule has 4 aromatic rings. The van der Waals surface area contributed by atoms with E-state index in [1.807, 2.05) is 25.3 Å². The van der Waals surface area contributed by atoms with Crippen molar-refractivity contribution in [2.24, 2.45) is 0 Å². The minimum absolute atomic E-state index is 0.0348. The molecule has 11 nitrogen and oxygen atoms in total. The van der Waals surface area contributed by atoms with Gasteiger partial charge in [-0.1, -0.05) is 38.5 Å². The summed E-state index contributed by atoms with van der Waals surface area (Å²) in [6, 6.07) is 9.86. The lowest BCUT2D eigenvalue weighted by Gasteiger charge is -2.37. The van der Waals surface area contributed by atoms with Gasteiger partial charge in [-0.05, 0) is 50.8 Å². The predicted molar refractivity (Wildman–Crippen MR) is 191 cm³/mol. The third kappa shape index (κ3) is 8.61. The van der Waals surface area contributed by atoms with Gasteiger partial charge < -0.3 is 38.0 Å². The largest absolute Gasteiger partial charge is 0.496 e. The minimum atomic E-state index is -1.26. The summed E-state index contributed by atoms with van der Waals surface area (Å²) in [6.07, 6.45) is 12.0. The number of oxazole rings is 1. The van der Waals surface area contributed by atoms with E-state index in [1.165, 1.54) is 0 Å². The van der Waals surface area contributed by atoms with Gasteiger partial charge >= 0.3 is 0 Å². The standard InChI is InChI=1S/C37H53N5O6Si/c1-26-11-12-27-20-30(34(44-3)23-32(27)40-26)33-24-39-35(42(33)25-45-18-19-49(4,5)6)31(41-28-21-29(22-28)43-2)10-8-7-9-13-37(47-16-17-48-37)36-38-14-15-46-36/h11-12,14-15,20,23-24,28-29,31,41H,7-10,13,16-19,21-22,25H2,1-6H3. The Kier molecular flexibility index (Phi) is 11.5. The molecule has 1 saturated carbocycles. The fourth-order valence-electron chi connectivity index (χ4n) is 6.77. The lowest BCUT2D eigenvalue weighted by atomic mass is 9.88. The van der Waals surface area contributed by atoms with Crippen molar-refractivity contribution >= 4 is 19.0 Å². The Balaban J connectivity index is 1.25. The van der Waals surface area contributed by atoms with E-state index in [1.54, 1.807) is 26.7 Å². The summed E-state index contributed by atoms with van der Waals surface area (Å²) in [5.74, 6) is 1.37. The van der Waals surface area contributed by atoms with Crippen LogP contribution in [-0.4, -0.2) is 73.8 Å². The van der Waals surface area contributed by atoms with Crippen LogP contribution in [0, 0.1) is 6.92 Å². The van der Waals surface area contributed by atoms with E-state index in [0.717, 1.165) is 90.6 Å². The lowest BCUT2D eigenvalue weighted by Crippen LogP contribution is -2.46. The Labute approximate surface area is 291 Å². The normalized spacial score (nSPS) is 19.7. The van der Waals surface area contributed by atoms with Gasteiger partial charge in [0.1, 0.15) is 24.6 Å². The number of methoxy groups -OCH3 is 2. The SMILES string of the molecule is COc1cc2nc(C)ccc2cc1-c1cnc(C(CCCCCC2(c3ncco3)OCCO2)NC2CC(OC)C2)n1COCC[Si](C)(C)C. The van der Waals surface area contributed by atoms with Gasteiger partial charge in [0.25, 0.3) is 5.89 Å². The molecule has 0 amide bonds. The van der Waals surface area contributed by atoms with Crippen LogP contribution in [0.25, 0.3) is 22.2 Å². The molecule has 0 spiro atoms. The molecule has 0 bridgehead atoms. The Morgan fingerprint density at radius 2 is 1.88 bits per heavy atom. The fourth-order valence-corrected chi connectivity index (χ4v) is 7.52. The highest BCUT2D eigenvalue weighted by Gasteiger charge is 2.42. The zero-order chi connectivity index (χ0) is 34.4. The maximum absolute atomic E-state index is 6.42. The summed E-state index contributed by atoms with van der Waals surface area (Å²) in [6.45, 7) is 11.4. The van der Waals surface area contributed by atoms with Crippen molar-refractivity contribution in [2.45, 2.75) is 108 Å². The summed E-state index contributed by atoms with van der Waals surface area (Å²) in [7, 11) is 2.25. The number of aryl methyl sites for hydroxylation is 1. The van der Waals surface area contributed by atoms with Gasteiger partial charge in [0, 0.05) is 57.0 Å². The Morgan fingerprint density at radius 3 is 2.59 bits per heavy atom. The van der Waals surface area contributed by atoms with E-state index in [-0.39, 0.29) is 6.04 Å². The quantitative estimate of drug-likeness (QED) is 0.0838. The van der Waals surface area contributed by atoms with Crippen molar-refractivity contribution in [1.29, 1.82) is 0 Å². The molecule has 0 radical (unpaired) electrons. The predicted octanol–water partition coefficient (Wildman–Crippen LogP) is 7.37. The van der Waals surface area contributed by atoms with Gasteiger partial charge in [-0.15, -0.1) is 0 Å². The molecule has 266 valence electrons. The number of pyridine rings is 1. The first-order valence-electron chi connectivity index (χ1n) is 17.7. The van der Waals surface area contributed by atoms with Crippen LogP contribution in [0.4, 0.5) is 0 Å². The molecule has 1 unspecified atom stereocenters. The van der Waals surface area contributed by atoms with Gasteiger partial charge in [0.2, 0.25) is 5.79 Å². The average Bonchev–Trinajstić information content (AvgIpc) is 3.85. The first-order valence-corrected chi connectivity index (χ1v) is 21.4. The highest BCUT2D eigenvalue weighted by atomic mass is 28.3. The van der Waals surface area contributed by atoms with E-state index < -0.39 is 13.9 Å². The van der Waals surface area contributed by atoms with Crippen LogP contribution >= 0.6 is 0 Å². The number of hydrogen-bond acceptors (Lipinski definition) is 10. The van der Waals surface area contributed by atoms with Crippen LogP contribution in [-0.2, 0) is 31.5 Å². The molecule has 6 rings (SSSR count). The molecule has 2 aliphatic rings. The molecule has 1 saturated heterocycles. The number of ether oxygens (including phenoxy) is 5. The van der Waals surface area contributed by atoms with E-state index in [0.29, 0.717) is 44.4 Å². The van der Waals surface area contributed by atoms with E-state index in [4.69, 9.17) is 38.1 Å². The molecule has 49 heavy (non-hydrogen) atoms. The van der Waals surface area contributed by atoms with Gasteiger partial charge in [-0.25, -0.2) is 9.97 Å². The Bertz CT molecular complexity index is 1640. The molecule has 12 heteroatoms. The van der Waals surface area contributed by atoms with Gasteiger partial charge in [0.05, 0.1) is 56.1 Å². The molecule has 1 aliphatic heterocycles. The second-order valence-corrected chi connectivity index (χ2v) is 20.2. The number of hydrogen-bond donors (Lipinski definition) is 1. The monoisotopic (exact) mass is 691 g/mol. The van der Waals surface area contributed by atoms with Crippen LogP contribution < -0.4 is 10.1 Å². The number of aromatic nitrogens is 4. The van der Waals surface area contributed by atoms with Gasteiger partial charge in [0.15, 0.2) is 0 Å². The van der Waals surface area contributed by atoms with E-state index in [9.17, 15) is 0 Å². The molecule has 4 heterocycles. The first-order chi connectivity index (χ1) is 23.7. The fraction of sp³-hybridized carbons (Fsp3) is 0.595. The van der Waals surface area contributed by atoms with Crippen LogP contribution in [0.1, 0.15) is 68.4 Å². The number of fused-ring (bicyclic) bond motifs is 1. The maximum atomic E-state index is 6.42. The smallest absolute Gasteiger partial charge is 0.255 e. The van der Waals surface area contributed by atoms with Crippen LogP contribution in [0.5, 0.6) is 5.75 Å². The van der Waals surface area contributed by atoms with E-state index >= 15 is 0 Å². The molecule has 1 atom stereocenters. The summed E-state index contributed by atoms with van der Waals surface area (Å²) in [5, 5.41) is 5.01. The number of benzene rings is 1. The number of rotatable bonds is 18. The van der Waals surface area contributed by atoms with Crippen LogP contribution in [0.15, 0.2) is 47.3 Å². The number of nitrogens with one attached hydrogen (secondary N) is 1. The Hall–Kier alpha value is -3.13. The Morgan fingerprint density at radius 1 is 1.06 bits per heavy atom. The van der Waals surface area contributed by atoms with Crippen molar-refractivity contribution in [1.82, 2.24) is 24.8 Å². The van der Waals surface area contributed by atoms with Crippen molar-refractivity contribution in [3.05, 3.63) is 60.3 Å². The minimum Gasteiger partial charge on any atom is -0.496 e. The summed E-state index contributed by atoms with van der Waals surface area (Å²) >= 11 is 0. The molecule has 1 aromatic carbocycles. The second kappa shape index (κ2) is 15.8. The molecule has 1 N–H and O–H groups in total. The lowest BCUT2D eigenvalue weighted by molar-refractivity contribution is -0.187. The number of imidazole rings is 1. The summed E-state index contributed by atoms with van der Waals surface area (Å²) in [5.41, 5.74) is 3.83. The zero-order valence-electron chi connectivity index (χ0n) is 30.0. The number of nitrogens with zero attached hydrogens (tertiary/aromatic N) is 4. The van der Waals surface area contributed by atoms with Crippen LogP contribution in [0.2, 0.25) is 25.7 Å². The van der Waals surface area contributed by atoms with Crippen molar-refractivity contribution in [3.63, 3.8) is 0 Å². The zero-order valence-corrected chi connectivity index (χ0v) is 31.0. The molecular weight excluding hydrogens is 639 g/mol. The highest BCUT2D eigenvalue weighted by Crippen LogP contribution is 2.38. The maximum Gasteiger partial charge on any atom is 0.255 e. The van der Waals surface area contributed by atoms with E-state index in [2.05, 4.69) is 46.6 Å². The second-order valence-electron chi connectivity index (χ2n) is 14.6. The number of unbranched alkanes of at least 4 members (excludes halogenated alkanes) is 2. The van der Waals surface area contributed by atoms with Crippen molar-refractivity contribution in [2.75, 3.05) is 34.0 Å². The molecule has 2 fully saturated rings. The topological polar surface area (TPSA) is 115 Å². The van der Waals surface area contributed by atoms with Crippen molar-refractivity contribution in [3.8, 4) is 17.0 Å². The average molecular weight is 692 g/mol. The molecule has 3 aromatic heterocycles. The first kappa shape index (κ1) is 35.7.